The summed E-state index contributed by atoms with van der Waals surface area (Å²) in [5, 5.41) is 11.4. The number of halogens is 3. The highest BCUT2D eigenvalue weighted by molar-refractivity contribution is 6.35. The fourth-order valence-electron chi connectivity index (χ4n) is 5.70. The van der Waals surface area contributed by atoms with Crippen LogP contribution in [0.25, 0.3) is 11.6 Å². The van der Waals surface area contributed by atoms with E-state index in [1.165, 1.54) is 12.1 Å². The molecule has 6 rings (SSSR count). The van der Waals surface area contributed by atoms with E-state index in [9.17, 15) is 22.8 Å². The lowest BCUT2D eigenvalue weighted by molar-refractivity contribution is -0.138. The van der Waals surface area contributed by atoms with E-state index >= 15 is 0 Å². The number of nitrogens with one attached hydrogen (secondary N) is 5. The maximum absolute atomic E-state index is 14.0. The molecular formula is C34H34F3N7O2. The molecule has 3 aromatic carbocycles. The summed E-state index contributed by atoms with van der Waals surface area (Å²) in [5.41, 5.74) is 4.12. The first-order valence-corrected chi connectivity index (χ1v) is 15.1. The molecule has 0 saturated carbocycles. The predicted molar refractivity (Wildman–Crippen MR) is 175 cm³/mol. The van der Waals surface area contributed by atoms with Crippen LogP contribution in [0, 0.1) is 0 Å². The fourth-order valence-corrected chi connectivity index (χ4v) is 5.70. The Labute approximate surface area is 264 Å². The van der Waals surface area contributed by atoms with Crippen LogP contribution in [0.1, 0.15) is 29.3 Å². The molecule has 9 nitrogen and oxygen atoms in total. The second kappa shape index (κ2) is 13.1. The molecule has 0 unspecified atom stereocenters. The van der Waals surface area contributed by atoms with Crippen LogP contribution < -0.4 is 21.3 Å². The van der Waals surface area contributed by atoms with E-state index in [1.807, 2.05) is 41.3 Å². The van der Waals surface area contributed by atoms with Gasteiger partial charge in [-0.25, -0.2) is 4.79 Å². The van der Waals surface area contributed by atoms with Gasteiger partial charge in [-0.15, -0.1) is 0 Å². The zero-order valence-corrected chi connectivity index (χ0v) is 25.2. The lowest BCUT2D eigenvalue weighted by Gasteiger charge is -2.34. The first-order valence-electron chi connectivity index (χ1n) is 15.1. The standard InChI is InChI=1S/C34H34F3N7O2/c1-2-43-13-15-44(16-14-43)21-22-8-9-26(19-30(22)34(35,36)37)41-33(46)40-25-6-3-5-24(17-25)39-27-10-11-28-29(18-23-7-4-12-38-23)32(45)42-31(28)20-27/h3-12,17-20,38-39H,2,13-16,21H2,1H3,(H,42,45)(H2,40,41,46)/b29-18+. The number of nitrogens with zero attached hydrogens (tertiary/aromatic N) is 2. The van der Waals surface area contributed by atoms with Crippen LogP contribution >= 0.6 is 0 Å². The molecule has 1 saturated heterocycles. The van der Waals surface area contributed by atoms with E-state index in [0.29, 0.717) is 41.4 Å². The average Bonchev–Trinajstić information content (AvgIpc) is 3.65. The van der Waals surface area contributed by atoms with Crippen molar-refractivity contribution in [2.75, 3.05) is 54.0 Å². The van der Waals surface area contributed by atoms with Crippen LogP contribution in [0.5, 0.6) is 0 Å². The van der Waals surface area contributed by atoms with Crippen molar-refractivity contribution in [2.24, 2.45) is 0 Å². The van der Waals surface area contributed by atoms with Crippen molar-refractivity contribution < 1.29 is 22.8 Å². The smallest absolute Gasteiger partial charge is 0.362 e. The summed E-state index contributed by atoms with van der Waals surface area (Å²) in [6, 6.07) is 19.4. The molecule has 3 amide bonds. The highest BCUT2D eigenvalue weighted by atomic mass is 19.4. The monoisotopic (exact) mass is 629 g/mol. The molecule has 1 aromatic heterocycles. The van der Waals surface area contributed by atoms with Gasteiger partial charge in [-0.2, -0.15) is 13.2 Å². The van der Waals surface area contributed by atoms with Gasteiger partial charge < -0.3 is 31.2 Å². The number of piperazine rings is 1. The maximum atomic E-state index is 14.0. The molecule has 238 valence electrons. The third-order valence-electron chi connectivity index (χ3n) is 8.11. The van der Waals surface area contributed by atoms with Gasteiger partial charge in [-0.3, -0.25) is 9.69 Å². The van der Waals surface area contributed by atoms with E-state index in [-0.39, 0.29) is 23.7 Å². The van der Waals surface area contributed by atoms with Gasteiger partial charge in [0.2, 0.25) is 0 Å². The number of carbonyl (C=O) groups is 2. The number of aromatic nitrogens is 1. The number of urea groups is 1. The first kappa shape index (κ1) is 30.9. The zero-order chi connectivity index (χ0) is 32.3. The van der Waals surface area contributed by atoms with Crippen molar-refractivity contribution in [1.82, 2.24) is 14.8 Å². The number of rotatable bonds is 8. The summed E-state index contributed by atoms with van der Waals surface area (Å²) in [6.45, 7) is 6.26. The SMILES string of the molecule is CCN1CCN(Cc2ccc(NC(=O)Nc3cccc(Nc4ccc5c(c4)NC(=O)/C5=C/c4ccc[nH]4)c3)cc2C(F)(F)F)CC1. The van der Waals surface area contributed by atoms with Crippen LogP contribution in [0.15, 0.2) is 79.0 Å². The summed E-state index contributed by atoms with van der Waals surface area (Å²) in [5.74, 6) is -0.193. The minimum absolute atomic E-state index is 0.0449. The van der Waals surface area contributed by atoms with E-state index in [1.54, 1.807) is 30.5 Å². The predicted octanol–water partition coefficient (Wildman–Crippen LogP) is 7.05. The van der Waals surface area contributed by atoms with Gasteiger partial charge in [0, 0.05) is 72.9 Å². The van der Waals surface area contributed by atoms with Crippen molar-refractivity contribution >= 4 is 52.0 Å². The summed E-state index contributed by atoms with van der Waals surface area (Å²) in [4.78, 5) is 32.7. The van der Waals surface area contributed by atoms with Gasteiger partial charge in [-0.1, -0.05) is 25.1 Å². The van der Waals surface area contributed by atoms with Crippen molar-refractivity contribution in [2.45, 2.75) is 19.6 Å². The molecule has 0 bridgehead atoms. The Hall–Kier alpha value is -5.07. The number of alkyl halides is 3. The van der Waals surface area contributed by atoms with E-state index < -0.39 is 17.8 Å². The highest BCUT2D eigenvalue weighted by Crippen LogP contribution is 2.36. The number of carbonyl (C=O) groups excluding carboxylic acids is 2. The summed E-state index contributed by atoms with van der Waals surface area (Å²) in [7, 11) is 0. The highest BCUT2D eigenvalue weighted by Gasteiger charge is 2.34. The molecule has 0 radical (unpaired) electrons. The molecule has 0 atom stereocenters. The third kappa shape index (κ3) is 7.24. The second-order valence-electron chi connectivity index (χ2n) is 11.3. The number of anilines is 5. The normalized spacial score (nSPS) is 16.3. The molecular weight excluding hydrogens is 595 g/mol. The van der Waals surface area contributed by atoms with E-state index in [2.05, 4.69) is 38.1 Å². The topological polar surface area (TPSA) is 105 Å². The lowest BCUT2D eigenvalue weighted by atomic mass is 10.0. The second-order valence-corrected chi connectivity index (χ2v) is 11.3. The number of hydrogen-bond donors (Lipinski definition) is 5. The molecule has 46 heavy (non-hydrogen) atoms. The number of fused-ring (bicyclic) bond motifs is 1. The van der Waals surface area contributed by atoms with Gasteiger partial charge in [0.1, 0.15) is 0 Å². The Morgan fingerprint density at radius 3 is 2.28 bits per heavy atom. The van der Waals surface area contributed by atoms with E-state index in [0.717, 1.165) is 37.0 Å². The first-order chi connectivity index (χ1) is 22.1. The van der Waals surface area contributed by atoms with Crippen molar-refractivity contribution in [1.29, 1.82) is 0 Å². The minimum atomic E-state index is -4.56. The summed E-state index contributed by atoms with van der Waals surface area (Å²) in [6.07, 6.45) is -0.977. The van der Waals surface area contributed by atoms with Crippen LogP contribution in [-0.4, -0.2) is 59.4 Å². The zero-order valence-electron chi connectivity index (χ0n) is 25.2. The molecule has 1 fully saturated rings. The molecule has 2 aliphatic rings. The fraction of sp³-hybridized carbons (Fsp3) is 0.235. The quantitative estimate of drug-likeness (QED) is 0.134. The van der Waals surface area contributed by atoms with Gasteiger partial charge in [0.25, 0.3) is 5.91 Å². The van der Waals surface area contributed by atoms with Crippen LogP contribution in [0.4, 0.5) is 46.4 Å². The van der Waals surface area contributed by atoms with Crippen LogP contribution in [-0.2, 0) is 17.5 Å². The number of hydrogen-bond acceptors (Lipinski definition) is 5. The number of benzene rings is 3. The summed E-state index contributed by atoms with van der Waals surface area (Å²) >= 11 is 0. The molecule has 12 heteroatoms. The molecule has 4 aromatic rings. The Kier molecular flexibility index (Phi) is 8.82. The minimum Gasteiger partial charge on any atom is -0.362 e. The average molecular weight is 630 g/mol. The van der Waals surface area contributed by atoms with Gasteiger partial charge >= 0.3 is 12.2 Å². The van der Waals surface area contributed by atoms with Crippen LogP contribution in [0.3, 0.4) is 0 Å². The Bertz CT molecular complexity index is 1760. The molecule has 0 spiro atoms. The van der Waals surface area contributed by atoms with E-state index in [4.69, 9.17) is 0 Å². The van der Waals surface area contributed by atoms with Gasteiger partial charge in [-0.05, 0) is 72.8 Å². The Balaban J connectivity index is 1.09. The number of H-pyrrole nitrogens is 1. The van der Waals surface area contributed by atoms with Crippen LogP contribution in [0.2, 0.25) is 0 Å². The molecule has 5 N–H and O–H groups in total. The summed E-state index contributed by atoms with van der Waals surface area (Å²) < 4.78 is 42.0. The Morgan fingerprint density at radius 2 is 1.57 bits per heavy atom. The van der Waals surface area contributed by atoms with Crippen molar-refractivity contribution in [3.63, 3.8) is 0 Å². The molecule has 0 aliphatic carbocycles. The molecule has 2 aliphatic heterocycles. The van der Waals surface area contributed by atoms with Crippen molar-refractivity contribution in [3.05, 3.63) is 101 Å². The van der Waals surface area contributed by atoms with Crippen molar-refractivity contribution in [3.8, 4) is 0 Å². The third-order valence-corrected chi connectivity index (χ3v) is 8.11. The van der Waals surface area contributed by atoms with Gasteiger partial charge in [0.05, 0.1) is 16.8 Å². The number of aromatic amines is 1. The Morgan fingerprint density at radius 1 is 0.870 bits per heavy atom. The number of amides is 3. The number of likely N-dealkylation sites (N-methyl/N-ethyl adjacent to an activating group) is 1. The maximum Gasteiger partial charge on any atom is 0.416 e. The lowest BCUT2D eigenvalue weighted by Crippen LogP contribution is -2.45. The van der Waals surface area contributed by atoms with Gasteiger partial charge in [0.15, 0.2) is 0 Å². The largest absolute Gasteiger partial charge is 0.416 e. The molecule has 3 heterocycles.